The first-order chi connectivity index (χ1) is 28.1. The molecule has 5 aromatic carbocycles. The van der Waals surface area contributed by atoms with Crippen molar-refractivity contribution in [1.29, 1.82) is 0 Å². The SMILES string of the molecule is [2H]c1c([2H])c([2H])c(-c2nc(-c3c([2H])c([2H])c4nc(-c5c([2H])c([2H])c([2H])c([2H])c5[2H])oc4c3[2H])nc(-c3c([2H])c([2H])c([2H])c4oc5c([2H])c([2H])c([2H])c([2H])c5c34)n2)c([2H])c1[2H]. The van der Waals surface area contributed by atoms with Crippen molar-refractivity contribution in [2.45, 2.75) is 0 Å². The zero-order valence-corrected chi connectivity index (χ0v) is 19.6. The molecule has 0 unspecified atom stereocenters. The molecule has 0 aliphatic rings. The monoisotopic (exact) mass is 536 g/mol. The van der Waals surface area contributed by atoms with Crippen LogP contribution in [0.25, 0.3) is 78.7 Å². The number of rotatable bonds is 4. The molecule has 0 bridgehead atoms. The van der Waals surface area contributed by atoms with E-state index in [1.807, 2.05) is 0 Å². The standard InChI is InChI=1S/C34H20N4O2/c1-3-10-21(11-4-1)31-36-32(23-18-19-26-29(20-23)40-34(35-26)22-12-5-2-6-13-22)38-33(37-31)25-15-9-17-28-30(25)24-14-7-8-16-27(24)39-28/h1-20H/i1D,2D,3D,4D,5D,6D,7D,8D,9D,10D,11D,12D,13D,14D,15D,16D,17D,18D,19D,20D. The molecule has 0 N–H and O–H groups in total. The third-order valence-electron chi connectivity index (χ3n) is 5.64. The van der Waals surface area contributed by atoms with Crippen molar-refractivity contribution in [2.75, 3.05) is 0 Å². The van der Waals surface area contributed by atoms with E-state index in [9.17, 15) is 1.37 Å². The molecule has 3 aromatic heterocycles. The summed E-state index contributed by atoms with van der Waals surface area (Å²) in [6, 6.07) is -15.0. The van der Waals surface area contributed by atoms with Gasteiger partial charge in [0.1, 0.15) is 16.7 Å². The van der Waals surface area contributed by atoms with Crippen LogP contribution in [0.15, 0.2) is 130 Å². The van der Waals surface area contributed by atoms with Crippen LogP contribution in [0.5, 0.6) is 0 Å². The largest absolute Gasteiger partial charge is 0.456 e. The van der Waals surface area contributed by atoms with Crippen LogP contribution in [0.1, 0.15) is 27.4 Å². The fourth-order valence-corrected chi connectivity index (χ4v) is 3.93. The quantitative estimate of drug-likeness (QED) is 0.224. The van der Waals surface area contributed by atoms with Crippen LogP contribution in [-0.2, 0) is 0 Å². The predicted octanol–water partition coefficient (Wildman–Crippen LogP) is 8.58. The summed E-state index contributed by atoms with van der Waals surface area (Å²) in [4.78, 5) is 17.1. The van der Waals surface area contributed by atoms with Crippen LogP contribution < -0.4 is 0 Å². The average Bonchev–Trinajstić information content (AvgIpc) is 3.84. The van der Waals surface area contributed by atoms with Crippen molar-refractivity contribution in [2.24, 2.45) is 0 Å². The van der Waals surface area contributed by atoms with Crippen molar-refractivity contribution in [3.63, 3.8) is 0 Å². The lowest BCUT2D eigenvalue weighted by Crippen LogP contribution is -2.00. The summed E-state index contributed by atoms with van der Waals surface area (Å²) in [6.45, 7) is 0. The molecule has 6 heteroatoms. The second kappa shape index (κ2) is 8.99. The molecule has 0 saturated heterocycles. The summed E-state index contributed by atoms with van der Waals surface area (Å²) in [6.07, 6.45) is 0. The summed E-state index contributed by atoms with van der Waals surface area (Å²) < 4.78 is 181. The molecule has 0 saturated carbocycles. The number of nitrogens with zero attached hydrogens (tertiary/aromatic N) is 4. The van der Waals surface area contributed by atoms with Crippen LogP contribution >= 0.6 is 0 Å². The first kappa shape index (κ1) is 10.2. The van der Waals surface area contributed by atoms with Gasteiger partial charge in [-0.2, -0.15) is 0 Å². The highest BCUT2D eigenvalue weighted by Crippen LogP contribution is 2.36. The molecule has 188 valence electrons. The Kier molecular flexibility index (Phi) is 2.29. The number of hydrogen-bond donors (Lipinski definition) is 0. The van der Waals surface area contributed by atoms with Crippen molar-refractivity contribution < 1.29 is 36.2 Å². The maximum absolute atomic E-state index is 9.18. The van der Waals surface area contributed by atoms with E-state index in [0.717, 1.165) is 0 Å². The fourth-order valence-electron chi connectivity index (χ4n) is 3.93. The number of benzene rings is 5. The molecule has 0 aliphatic heterocycles. The number of oxazole rings is 1. The second-order valence-electron chi connectivity index (χ2n) is 8.01. The summed E-state index contributed by atoms with van der Waals surface area (Å²) >= 11 is 0. The van der Waals surface area contributed by atoms with Crippen molar-refractivity contribution in [3.8, 4) is 45.6 Å². The topological polar surface area (TPSA) is 77.8 Å². The van der Waals surface area contributed by atoms with Crippen LogP contribution in [0.3, 0.4) is 0 Å². The Morgan fingerprint density at radius 2 is 1.15 bits per heavy atom. The molecule has 40 heavy (non-hydrogen) atoms. The molecular formula is C34H20N4O2. The average molecular weight is 537 g/mol. The smallest absolute Gasteiger partial charge is 0.227 e. The summed E-state index contributed by atoms with van der Waals surface area (Å²) in [5.41, 5.74) is -4.23. The highest BCUT2D eigenvalue weighted by atomic mass is 16.3. The number of fused-ring (bicyclic) bond motifs is 4. The molecule has 8 aromatic rings. The summed E-state index contributed by atoms with van der Waals surface area (Å²) in [5.74, 6) is -2.70. The molecule has 0 aliphatic carbocycles. The van der Waals surface area contributed by atoms with E-state index in [1.54, 1.807) is 0 Å². The zero-order chi connectivity index (χ0) is 43.9. The Bertz CT molecular complexity index is 3230. The molecule has 0 fully saturated rings. The molecule has 6 nitrogen and oxygen atoms in total. The fraction of sp³-hybridized carbons (Fsp3) is 0. The maximum Gasteiger partial charge on any atom is 0.227 e. The van der Waals surface area contributed by atoms with Gasteiger partial charge in [-0.15, -0.1) is 0 Å². The van der Waals surface area contributed by atoms with E-state index in [1.165, 1.54) is 0 Å². The van der Waals surface area contributed by atoms with Gasteiger partial charge < -0.3 is 8.83 Å². The van der Waals surface area contributed by atoms with E-state index in [0.29, 0.717) is 0 Å². The lowest BCUT2D eigenvalue weighted by Gasteiger charge is -2.09. The Hall–Kier alpha value is -5.62. The minimum absolute atomic E-state index is 0.348. The van der Waals surface area contributed by atoms with E-state index < -0.39 is 189 Å². The second-order valence-corrected chi connectivity index (χ2v) is 8.01. The molecule has 0 atom stereocenters. The minimum Gasteiger partial charge on any atom is -0.456 e. The van der Waals surface area contributed by atoms with Gasteiger partial charge in [-0.3, -0.25) is 0 Å². The number of aromatic nitrogens is 4. The third-order valence-corrected chi connectivity index (χ3v) is 5.64. The Morgan fingerprint density at radius 1 is 0.475 bits per heavy atom. The van der Waals surface area contributed by atoms with E-state index in [2.05, 4.69) is 19.9 Å². The van der Waals surface area contributed by atoms with Crippen LogP contribution in [0, 0.1) is 0 Å². The van der Waals surface area contributed by atoms with E-state index in [-0.39, 0.29) is 10.8 Å². The van der Waals surface area contributed by atoms with Crippen LogP contribution in [0.2, 0.25) is 0 Å². The summed E-state index contributed by atoms with van der Waals surface area (Å²) in [7, 11) is 0. The number of furan rings is 1. The van der Waals surface area contributed by atoms with Crippen LogP contribution in [-0.4, -0.2) is 19.9 Å². The van der Waals surface area contributed by atoms with Crippen molar-refractivity contribution in [1.82, 2.24) is 19.9 Å². The van der Waals surface area contributed by atoms with Crippen molar-refractivity contribution in [3.05, 3.63) is 121 Å². The zero-order valence-electron chi connectivity index (χ0n) is 39.6. The highest BCUT2D eigenvalue weighted by Gasteiger charge is 2.18. The third kappa shape index (κ3) is 3.74. The Labute approximate surface area is 256 Å². The normalized spacial score (nSPS) is 18.5. The summed E-state index contributed by atoms with van der Waals surface area (Å²) in [5, 5.41) is -0.696. The van der Waals surface area contributed by atoms with Gasteiger partial charge >= 0.3 is 0 Å². The minimum atomic E-state index is -0.821. The van der Waals surface area contributed by atoms with Crippen molar-refractivity contribution >= 4 is 33.0 Å². The predicted molar refractivity (Wildman–Crippen MR) is 156 cm³/mol. The lowest BCUT2D eigenvalue weighted by molar-refractivity contribution is 0.620. The molecule has 8 rings (SSSR count). The van der Waals surface area contributed by atoms with Gasteiger partial charge in [-0.1, -0.05) is 78.6 Å². The molecule has 0 amide bonds. The van der Waals surface area contributed by atoms with Gasteiger partial charge in [0.25, 0.3) is 0 Å². The van der Waals surface area contributed by atoms with Crippen LogP contribution in [0.4, 0.5) is 0 Å². The first-order valence-electron chi connectivity index (χ1n) is 21.4. The van der Waals surface area contributed by atoms with Gasteiger partial charge in [0.05, 0.1) is 27.4 Å². The Balaban J connectivity index is 1.52. The molecular weight excluding hydrogens is 496 g/mol. The molecule has 0 spiro atoms. The van der Waals surface area contributed by atoms with Gasteiger partial charge in [0, 0.05) is 33.0 Å². The van der Waals surface area contributed by atoms with Gasteiger partial charge in [-0.25, -0.2) is 19.9 Å². The van der Waals surface area contributed by atoms with Gasteiger partial charge in [0.2, 0.25) is 5.89 Å². The van der Waals surface area contributed by atoms with E-state index >= 15 is 0 Å². The Morgan fingerprint density at radius 3 is 1.98 bits per heavy atom. The highest BCUT2D eigenvalue weighted by molar-refractivity contribution is 6.11. The number of para-hydroxylation sites is 1. The molecule has 3 heterocycles. The molecule has 0 radical (unpaired) electrons. The number of hydrogen-bond acceptors (Lipinski definition) is 6. The van der Waals surface area contributed by atoms with Gasteiger partial charge in [0.15, 0.2) is 23.1 Å². The lowest BCUT2D eigenvalue weighted by atomic mass is 10.1. The van der Waals surface area contributed by atoms with Gasteiger partial charge in [-0.05, 0) is 42.3 Å². The first-order valence-corrected chi connectivity index (χ1v) is 11.4. The maximum atomic E-state index is 9.18. The van der Waals surface area contributed by atoms with E-state index in [4.69, 9.17) is 34.9 Å².